The van der Waals surface area contributed by atoms with E-state index in [-0.39, 0.29) is 29.1 Å². The summed E-state index contributed by atoms with van der Waals surface area (Å²) in [6.07, 6.45) is -6.22. The number of nitrogens with two attached hydrogens (primary N) is 1. The Balaban J connectivity index is 0.000000698. The molecule has 11 nitrogen and oxygen atoms in total. The van der Waals surface area contributed by atoms with Gasteiger partial charge in [-0.15, -0.1) is 0 Å². The van der Waals surface area contributed by atoms with Crippen LogP contribution in [0.1, 0.15) is 45.6 Å². The van der Waals surface area contributed by atoms with Crippen molar-refractivity contribution in [2.45, 2.75) is 58.4 Å². The zero-order valence-corrected chi connectivity index (χ0v) is 26.7. The molecule has 1 saturated heterocycles. The van der Waals surface area contributed by atoms with E-state index >= 15 is 0 Å². The number of nitrogens with zero attached hydrogens (tertiary/aromatic N) is 4. The van der Waals surface area contributed by atoms with Crippen molar-refractivity contribution >= 4 is 28.8 Å². The molecule has 0 aliphatic carbocycles. The number of nitrogens with one attached hydrogen (secondary N) is 2. The lowest BCUT2D eigenvalue weighted by Gasteiger charge is -2.39. The standard InChI is InChI=1S/C30H34F3N7O2.C2HF3O2/c1-29(2,3)17-40-14-5-4-7-20(40)16-35-28-37-22(18-10-12-19(13-11-18)30(31,32)33)15-24(38-28)42-23-9-6-8-21-25(23)39-26(34)27(41)36-21;3-2(4,5)1(6)7/h6,8-13,15,20H,4-5,7,14,16-17H2,1-3H3,(H2,34,39)(H,36,41)(H,35,37,38);(H,6,7). The number of nitrogen functional groups attached to an aromatic ring is 1. The maximum atomic E-state index is 13.2. The lowest BCUT2D eigenvalue weighted by Crippen LogP contribution is -2.47. The first-order valence-electron chi connectivity index (χ1n) is 15.1. The third kappa shape index (κ3) is 10.3. The average molecular weight is 696 g/mol. The minimum atomic E-state index is -5.08. The van der Waals surface area contributed by atoms with E-state index in [9.17, 15) is 31.1 Å². The van der Waals surface area contributed by atoms with Crippen LogP contribution in [0, 0.1) is 5.41 Å². The molecule has 0 radical (unpaired) electrons. The van der Waals surface area contributed by atoms with Crippen molar-refractivity contribution in [3.8, 4) is 22.9 Å². The normalized spacial score (nSPS) is 15.7. The molecule has 5 N–H and O–H groups in total. The summed E-state index contributed by atoms with van der Waals surface area (Å²) in [5.74, 6) is -2.24. The number of carboxylic acids is 1. The molecular formula is C32H35F6N7O4. The van der Waals surface area contributed by atoms with Gasteiger partial charge in [0.2, 0.25) is 11.8 Å². The van der Waals surface area contributed by atoms with E-state index < -0.39 is 29.4 Å². The lowest BCUT2D eigenvalue weighted by atomic mass is 9.92. The molecule has 1 atom stereocenters. The second-order valence-corrected chi connectivity index (χ2v) is 12.6. The maximum absolute atomic E-state index is 13.2. The second kappa shape index (κ2) is 14.7. The van der Waals surface area contributed by atoms with E-state index in [4.69, 9.17) is 20.4 Å². The molecule has 3 heterocycles. The van der Waals surface area contributed by atoms with E-state index in [1.807, 2.05) is 0 Å². The number of hydrogen-bond donors (Lipinski definition) is 4. The van der Waals surface area contributed by atoms with Crippen molar-refractivity contribution in [1.29, 1.82) is 0 Å². The average Bonchev–Trinajstić information content (AvgIpc) is 3.00. The fraction of sp³-hybridized carbons (Fsp3) is 0.406. The summed E-state index contributed by atoms with van der Waals surface area (Å²) >= 11 is 0. The molecule has 17 heteroatoms. The van der Waals surface area contributed by atoms with Crippen LogP contribution in [0.2, 0.25) is 0 Å². The smallest absolute Gasteiger partial charge is 0.475 e. The number of ether oxygens (including phenoxy) is 1. The van der Waals surface area contributed by atoms with Crippen LogP contribution in [0.4, 0.5) is 38.1 Å². The molecule has 1 fully saturated rings. The van der Waals surface area contributed by atoms with Gasteiger partial charge in [-0.05, 0) is 49.1 Å². The molecule has 0 bridgehead atoms. The third-order valence-corrected chi connectivity index (χ3v) is 7.30. The van der Waals surface area contributed by atoms with Crippen molar-refractivity contribution in [1.82, 2.24) is 24.8 Å². The highest BCUT2D eigenvalue weighted by atomic mass is 19.4. The Morgan fingerprint density at radius 3 is 2.33 bits per heavy atom. The highest BCUT2D eigenvalue weighted by molar-refractivity contribution is 5.82. The number of rotatable bonds is 7. The van der Waals surface area contributed by atoms with Crippen LogP contribution in [0.5, 0.6) is 11.6 Å². The number of para-hydroxylation sites is 1. The SMILES string of the molecule is CC(C)(C)CN1CCCCC1CNc1nc(Oc2cccc3[nH]c(=O)c(N)nc23)cc(-c2ccc(C(F)(F)F)cc2)n1.O=C(O)C(F)(F)F. The van der Waals surface area contributed by atoms with Crippen molar-refractivity contribution in [2.75, 3.05) is 30.7 Å². The highest BCUT2D eigenvalue weighted by Crippen LogP contribution is 2.33. The molecule has 0 spiro atoms. The van der Waals surface area contributed by atoms with Gasteiger partial charge < -0.3 is 25.9 Å². The highest BCUT2D eigenvalue weighted by Gasteiger charge is 2.38. The Morgan fingerprint density at radius 1 is 1.04 bits per heavy atom. The summed E-state index contributed by atoms with van der Waals surface area (Å²) in [7, 11) is 0. The Labute approximate surface area is 276 Å². The van der Waals surface area contributed by atoms with Crippen molar-refractivity contribution in [2.24, 2.45) is 5.41 Å². The second-order valence-electron chi connectivity index (χ2n) is 12.6. The minimum Gasteiger partial charge on any atom is -0.475 e. The molecule has 5 rings (SSSR count). The molecular weight excluding hydrogens is 660 g/mol. The first-order chi connectivity index (χ1) is 22.8. The fourth-order valence-electron chi connectivity index (χ4n) is 5.14. The zero-order valence-electron chi connectivity index (χ0n) is 26.7. The summed E-state index contributed by atoms with van der Waals surface area (Å²) in [6, 6.07) is 11.6. The molecule has 0 saturated carbocycles. The maximum Gasteiger partial charge on any atom is 0.490 e. The van der Waals surface area contributed by atoms with Crippen LogP contribution >= 0.6 is 0 Å². The molecule has 264 valence electrons. The van der Waals surface area contributed by atoms with Gasteiger partial charge in [0.25, 0.3) is 5.56 Å². The van der Waals surface area contributed by atoms with Gasteiger partial charge in [0.1, 0.15) is 5.52 Å². The van der Waals surface area contributed by atoms with Crippen molar-refractivity contribution in [3.63, 3.8) is 0 Å². The summed E-state index contributed by atoms with van der Waals surface area (Å²) < 4.78 is 77.4. The van der Waals surface area contributed by atoms with E-state index in [0.29, 0.717) is 34.6 Å². The Bertz CT molecular complexity index is 1820. The van der Waals surface area contributed by atoms with Gasteiger partial charge in [0.05, 0.1) is 16.8 Å². The summed E-state index contributed by atoms with van der Waals surface area (Å²) in [5, 5.41) is 10.5. The Hall–Kier alpha value is -4.93. The number of likely N-dealkylation sites (tertiary alicyclic amines) is 1. The first-order valence-corrected chi connectivity index (χ1v) is 15.1. The molecule has 1 unspecified atom stereocenters. The Kier molecular flexibility index (Phi) is 11.1. The number of aromatic amines is 1. The van der Waals surface area contributed by atoms with Gasteiger partial charge in [0, 0.05) is 30.8 Å². The van der Waals surface area contributed by atoms with Gasteiger partial charge in [-0.3, -0.25) is 9.69 Å². The van der Waals surface area contributed by atoms with Gasteiger partial charge >= 0.3 is 18.3 Å². The third-order valence-electron chi connectivity index (χ3n) is 7.30. The zero-order chi connectivity index (χ0) is 36.1. The van der Waals surface area contributed by atoms with Crippen LogP contribution < -0.4 is 21.3 Å². The largest absolute Gasteiger partial charge is 0.490 e. The minimum absolute atomic E-state index is 0.149. The van der Waals surface area contributed by atoms with Gasteiger partial charge in [0.15, 0.2) is 11.6 Å². The number of H-pyrrole nitrogens is 1. The monoisotopic (exact) mass is 695 g/mol. The molecule has 4 aromatic rings. The molecule has 49 heavy (non-hydrogen) atoms. The topological polar surface area (TPSA) is 159 Å². The van der Waals surface area contributed by atoms with E-state index in [1.54, 1.807) is 24.3 Å². The predicted octanol–water partition coefficient (Wildman–Crippen LogP) is 6.72. The van der Waals surface area contributed by atoms with E-state index in [2.05, 4.69) is 50.9 Å². The van der Waals surface area contributed by atoms with Gasteiger partial charge in [-0.1, -0.05) is 45.4 Å². The van der Waals surface area contributed by atoms with Crippen LogP contribution in [-0.2, 0) is 11.0 Å². The van der Waals surface area contributed by atoms with Crippen molar-refractivity contribution in [3.05, 3.63) is 64.4 Å². The number of aromatic nitrogens is 4. The summed E-state index contributed by atoms with van der Waals surface area (Å²) in [4.78, 5) is 39.4. The van der Waals surface area contributed by atoms with Crippen LogP contribution in [0.15, 0.2) is 53.3 Å². The Morgan fingerprint density at radius 2 is 1.71 bits per heavy atom. The van der Waals surface area contributed by atoms with E-state index in [0.717, 1.165) is 44.5 Å². The van der Waals surface area contributed by atoms with E-state index in [1.165, 1.54) is 12.1 Å². The number of hydrogen-bond acceptors (Lipinski definition) is 9. The van der Waals surface area contributed by atoms with Gasteiger partial charge in [-0.2, -0.15) is 31.3 Å². The van der Waals surface area contributed by atoms with Crippen molar-refractivity contribution < 1.29 is 41.0 Å². The molecule has 2 aromatic carbocycles. The van der Waals surface area contributed by atoms with Crippen LogP contribution in [-0.4, -0.2) is 67.8 Å². The quantitative estimate of drug-likeness (QED) is 0.153. The predicted molar refractivity (Wildman–Crippen MR) is 170 cm³/mol. The first kappa shape index (κ1) is 36.9. The summed E-state index contributed by atoms with van der Waals surface area (Å²) in [6.45, 7) is 9.23. The van der Waals surface area contributed by atoms with Crippen LogP contribution in [0.25, 0.3) is 22.3 Å². The number of carbonyl (C=O) groups is 1. The molecule has 1 aliphatic rings. The fourth-order valence-corrected chi connectivity index (χ4v) is 5.14. The number of fused-ring (bicyclic) bond motifs is 1. The molecule has 0 amide bonds. The number of alkyl halides is 6. The molecule has 1 aliphatic heterocycles. The number of piperidine rings is 1. The number of carboxylic acid groups (broad SMARTS) is 1. The van der Waals surface area contributed by atoms with Crippen LogP contribution in [0.3, 0.4) is 0 Å². The number of aliphatic carboxylic acids is 1. The summed E-state index contributed by atoms with van der Waals surface area (Å²) in [5.41, 5.74) is 6.24. The number of anilines is 2. The number of benzene rings is 2. The van der Waals surface area contributed by atoms with Gasteiger partial charge in [-0.25, -0.2) is 14.8 Å². The lowest BCUT2D eigenvalue weighted by molar-refractivity contribution is -0.192. The number of halogens is 6. The molecule has 2 aromatic heterocycles.